The molecule has 1 heterocycles. The van der Waals surface area contributed by atoms with Gasteiger partial charge in [-0.15, -0.1) is 5.10 Å². The number of aromatic amines is 1. The molecule has 0 bridgehead atoms. The van der Waals surface area contributed by atoms with Gasteiger partial charge in [0, 0.05) is 11.3 Å². The number of anilines is 1. The molecule has 2 N–H and O–H groups in total. The first-order valence-electron chi connectivity index (χ1n) is 7.69. The SMILES string of the molecule is Cc1ccc(-c2nc(SCC(=O)Nc3ccc(C)c(F)c3)n[nH]2)cc1. The van der Waals surface area contributed by atoms with Crippen molar-refractivity contribution in [2.45, 2.75) is 19.0 Å². The van der Waals surface area contributed by atoms with Gasteiger partial charge in [0.1, 0.15) is 5.82 Å². The molecule has 0 aliphatic carbocycles. The second-order valence-electron chi connectivity index (χ2n) is 5.63. The van der Waals surface area contributed by atoms with Crippen LogP contribution in [0.3, 0.4) is 0 Å². The van der Waals surface area contributed by atoms with Crippen molar-refractivity contribution in [3.05, 3.63) is 59.4 Å². The Morgan fingerprint density at radius 3 is 2.68 bits per heavy atom. The highest BCUT2D eigenvalue weighted by Gasteiger charge is 2.10. The molecule has 0 fully saturated rings. The predicted molar refractivity (Wildman–Crippen MR) is 97.0 cm³/mol. The largest absolute Gasteiger partial charge is 0.325 e. The van der Waals surface area contributed by atoms with Crippen LogP contribution in [-0.4, -0.2) is 26.8 Å². The Hall–Kier alpha value is -2.67. The van der Waals surface area contributed by atoms with E-state index in [1.54, 1.807) is 19.1 Å². The zero-order valence-electron chi connectivity index (χ0n) is 13.8. The number of aromatic nitrogens is 3. The second-order valence-corrected chi connectivity index (χ2v) is 6.58. The van der Waals surface area contributed by atoms with Gasteiger partial charge in [0.2, 0.25) is 11.1 Å². The van der Waals surface area contributed by atoms with Crippen molar-refractivity contribution in [2.24, 2.45) is 0 Å². The number of aryl methyl sites for hydroxylation is 2. The van der Waals surface area contributed by atoms with Gasteiger partial charge in [-0.1, -0.05) is 47.7 Å². The first-order chi connectivity index (χ1) is 12.0. The van der Waals surface area contributed by atoms with Gasteiger partial charge >= 0.3 is 0 Å². The van der Waals surface area contributed by atoms with E-state index in [2.05, 4.69) is 20.5 Å². The molecule has 0 spiro atoms. The molecule has 1 amide bonds. The number of amides is 1. The molecule has 0 aliphatic heterocycles. The van der Waals surface area contributed by atoms with Gasteiger partial charge in [0.05, 0.1) is 5.75 Å². The Bertz CT molecular complexity index is 892. The van der Waals surface area contributed by atoms with Crippen molar-refractivity contribution in [3.8, 4) is 11.4 Å². The highest BCUT2D eigenvalue weighted by atomic mass is 32.2. The van der Waals surface area contributed by atoms with Crippen molar-refractivity contribution < 1.29 is 9.18 Å². The van der Waals surface area contributed by atoms with Crippen LogP contribution in [0.15, 0.2) is 47.6 Å². The van der Waals surface area contributed by atoms with E-state index in [1.165, 1.54) is 23.4 Å². The van der Waals surface area contributed by atoms with Crippen molar-refractivity contribution in [3.63, 3.8) is 0 Å². The van der Waals surface area contributed by atoms with Gasteiger partial charge in [-0.3, -0.25) is 9.89 Å². The quantitative estimate of drug-likeness (QED) is 0.679. The topological polar surface area (TPSA) is 70.7 Å². The summed E-state index contributed by atoms with van der Waals surface area (Å²) in [6.07, 6.45) is 0. The third kappa shape index (κ3) is 4.45. The molecule has 3 rings (SSSR count). The summed E-state index contributed by atoms with van der Waals surface area (Å²) in [5, 5.41) is 10.1. The molecule has 0 radical (unpaired) electrons. The standard InChI is InChI=1S/C18H17FN4OS/c1-11-3-6-13(7-4-11)17-21-18(23-22-17)25-10-16(24)20-14-8-5-12(2)15(19)9-14/h3-9H,10H2,1-2H3,(H,20,24)(H,21,22,23). The molecular weight excluding hydrogens is 339 g/mol. The van der Waals surface area contributed by atoms with Gasteiger partial charge in [-0.2, -0.15) is 0 Å². The Kier molecular flexibility index (Phi) is 5.14. The van der Waals surface area contributed by atoms with E-state index < -0.39 is 0 Å². The predicted octanol–water partition coefficient (Wildman–Crippen LogP) is 3.96. The monoisotopic (exact) mass is 356 g/mol. The van der Waals surface area contributed by atoms with E-state index in [1.807, 2.05) is 31.2 Å². The lowest BCUT2D eigenvalue weighted by Crippen LogP contribution is -2.14. The smallest absolute Gasteiger partial charge is 0.234 e. The summed E-state index contributed by atoms with van der Waals surface area (Å²) < 4.78 is 13.5. The lowest BCUT2D eigenvalue weighted by Gasteiger charge is -2.05. The van der Waals surface area contributed by atoms with Crippen LogP contribution in [-0.2, 0) is 4.79 Å². The molecule has 25 heavy (non-hydrogen) atoms. The number of H-pyrrole nitrogens is 1. The van der Waals surface area contributed by atoms with Crippen LogP contribution in [0.4, 0.5) is 10.1 Å². The van der Waals surface area contributed by atoms with E-state index in [4.69, 9.17) is 0 Å². The molecule has 2 aromatic carbocycles. The molecule has 3 aromatic rings. The number of nitrogens with zero attached hydrogens (tertiary/aromatic N) is 2. The number of benzene rings is 2. The fourth-order valence-electron chi connectivity index (χ4n) is 2.15. The number of hydrogen-bond acceptors (Lipinski definition) is 4. The molecule has 1 aromatic heterocycles. The number of carbonyl (C=O) groups is 1. The summed E-state index contributed by atoms with van der Waals surface area (Å²) in [7, 11) is 0. The molecule has 0 atom stereocenters. The van der Waals surface area contributed by atoms with Crippen LogP contribution >= 0.6 is 11.8 Å². The Labute approximate surface area is 149 Å². The van der Waals surface area contributed by atoms with Crippen LogP contribution in [0.1, 0.15) is 11.1 Å². The summed E-state index contributed by atoms with van der Waals surface area (Å²) in [6, 6.07) is 12.5. The van der Waals surface area contributed by atoms with Crippen LogP contribution < -0.4 is 5.32 Å². The van der Waals surface area contributed by atoms with E-state index in [0.717, 1.165) is 5.56 Å². The van der Waals surface area contributed by atoms with Crippen molar-refractivity contribution in [1.82, 2.24) is 15.2 Å². The first kappa shape index (κ1) is 17.2. The average molecular weight is 356 g/mol. The second kappa shape index (κ2) is 7.48. The van der Waals surface area contributed by atoms with Crippen molar-refractivity contribution >= 4 is 23.4 Å². The highest BCUT2D eigenvalue weighted by molar-refractivity contribution is 7.99. The van der Waals surface area contributed by atoms with Gasteiger partial charge < -0.3 is 5.32 Å². The third-order valence-electron chi connectivity index (χ3n) is 3.58. The van der Waals surface area contributed by atoms with Crippen molar-refractivity contribution in [2.75, 3.05) is 11.1 Å². The van der Waals surface area contributed by atoms with Crippen LogP contribution in [0, 0.1) is 19.7 Å². The van der Waals surface area contributed by atoms with Gasteiger partial charge in [0.25, 0.3) is 0 Å². The molecule has 0 saturated heterocycles. The number of nitrogens with one attached hydrogen (secondary N) is 2. The summed E-state index contributed by atoms with van der Waals surface area (Å²) in [5.41, 5.74) is 3.08. The number of hydrogen-bond donors (Lipinski definition) is 2. The molecule has 0 saturated carbocycles. The van der Waals surface area contributed by atoms with Crippen molar-refractivity contribution in [1.29, 1.82) is 0 Å². The Morgan fingerprint density at radius 2 is 1.96 bits per heavy atom. The minimum atomic E-state index is -0.345. The zero-order valence-corrected chi connectivity index (χ0v) is 14.7. The third-order valence-corrected chi connectivity index (χ3v) is 4.43. The number of halogens is 1. The van der Waals surface area contributed by atoms with Crippen LogP contribution in [0.25, 0.3) is 11.4 Å². The van der Waals surface area contributed by atoms with Crippen LogP contribution in [0.2, 0.25) is 0 Å². The Balaban J connectivity index is 1.57. The van der Waals surface area contributed by atoms with Gasteiger partial charge in [0.15, 0.2) is 5.82 Å². The molecule has 128 valence electrons. The van der Waals surface area contributed by atoms with Crippen LogP contribution in [0.5, 0.6) is 0 Å². The fourth-order valence-corrected chi connectivity index (χ4v) is 2.75. The maximum absolute atomic E-state index is 13.5. The van der Waals surface area contributed by atoms with E-state index in [9.17, 15) is 9.18 Å². The fraction of sp³-hybridized carbons (Fsp3) is 0.167. The van der Waals surface area contributed by atoms with Gasteiger partial charge in [-0.05, 0) is 31.5 Å². The molecule has 0 unspecified atom stereocenters. The molecule has 5 nitrogen and oxygen atoms in total. The lowest BCUT2D eigenvalue weighted by molar-refractivity contribution is -0.113. The molecule has 7 heteroatoms. The normalized spacial score (nSPS) is 10.7. The summed E-state index contributed by atoms with van der Waals surface area (Å²) >= 11 is 1.21. The first-order valence-corrected chi connectivity index (χ1v) is 8.68. The van der Waals surface area contributed by atoms with E-state index in [0.29, 0.717) is 22.2 Å². The Morgan fingerprint density at radius 1 is 1.20 bits per heavy atom. The number of rotatable bonds is 5. The van der Waals surface area contributed by atoms with E-state index in [-0.39, 0.29) is 17.5 Å². The van der Waals surface area contributed by atoms with E-state index >= 15 is 0 Å². The summed E-state index contributed by atoms with van der Waals surface area (Å²) in [6.45, 7) is 3.69. The average Bonchev–Trinajstić information content (AvgIpc) is 3.06. The minimum Gasteiger partial charge on any atom is -0.325 e. The summed E-state index contributed by atoms with van der Waals surface area (Å²) in [4.78, 5) is 16.3. The lowest BCUT2D eigenvalue weighted by atomic mass is 10.1. The molecule has 0 aliphatic rings. The van der Waals surface area contributed by atoms with Gasteiger partial charge in [-0.25, -0.2) is 9.37 Å². The summed E-state index contributed by atoms with van der Waals surface area (Å²) in [5.74, 6) is 0.210. The highest BCUT2D eigenvalue weighted by Crippen LogP contribution is 2.20. The number of thioether (sulfide) groups is 1. The molecular formula is C18H17FN4OS. The minimum absolute atomic E-state index is 0.140. The maximum Gasteiger partial charge on any atom is 0.234 e. The maximum atomic E-state index is 13.5. The number of carbonyl (C=O) groups excluding carboxylic acids is 1. The zero-order chi connectivity index (χ0) is 17.8.